The Hall–Kier alpha value is -2.89. The maximum Gasteiger partial charge on any atom is 0.264 e. The predicted molar refractivity (Wildman–Crippen MR) is 133 cm³/mol. The number of thioether (sulfide) groups is 1. The number of hydrogen-bond donors (Lipinski definition) is 1. The topological polar surface area (TPSA) is 101 Å². The third kappa shape index (κ3) is 6.56. The zero-order valence-electron chi connectivity index (χ0n) is 18.2. The Morgan fingerprint density at radius 2 is 1.88 bits per heavy atom. The van der Waals surface area contributed by atoms with Crippen molar-refractivity contribution < 1.29 is 17.9 Å². The molecule has 0 saturated carbocycles. The summed E-state index contributed by atoms with van der Waals surface area (Å²) in [6, 6.07) is 13.0. The standard InChI is InChI=1S/C22H24N4O4S3/c1-4-14-31-22-25-24-21(32-22)23-20(27)15-26(17-8-6-16(3)7-9-17)33(28,29)19-12-10-18(11-13-19)30-5-2/h4,6-13H,1,5,14-15H2,2-3H3,(H,23,24,27). The van der Waals surface area contributed by atoms with Crippen molar-refractivity contribution in [1.29, 1.82) is 0 Å². The largest absolute Gasteiger partial charge is 0.494 e. The molecule has 174 valence electrons. The number of anilines is 2. The number of benzene rings is 2. The molecule has 33 heavy (non-hydrogen) atoms. The van der Waals surface area contributed by atoms with Crippen LogP contribution in [0.5, 0.6) is 5.75 Å². The van der Waals surface area contributed by atoms with E-state index >= 15 is 0 Å². The van der Waals surface area contributed by atoms with E-state index in [2.05, 4.69) is 22.1 Å². The van der Waals surface area contributed by atoms with Crippen molar-refractivity contribution in [2.45, 2.75) is 23.1 Å². The molecule has 1 amide bonds. The first-order valence-electron chi connectivity index (χ1n) is 10.0. The van der Waals surface area contributed by atoms with Crippen molar-refractivity contribution in [3.05, 3.63) is 66.7 Å². The van der Waals surface area contributed by atoms with Crippen LogP contribution >= 0.6 is 23.1 Å². The van der Waals surface area contributed by atoms with Crippen LogP contribution in [0.4, 0.5) is 10.8 Å². The van der Waals surface area contributed by atoms with Crippen LogP contribution in [0.3, 0.4) is 0 Å². The van der Waals surface area contributed by atoms with Gasteiger partial charge in [-0.15, -0.1) is 16.8 Å². The van der Waals surface area contributed by atoms with E-state index in [4.69, 9.17) is 4.74 Å². The highest BCUT2D eigenvalue weighted by molar-refractivity contribution is 8.01. The van der Waals surface area contributed by atoms with Crippen LogP contribution in [0.25, 0.3) is 0 Å². The number of carbonyl (C=O) groups is 1. The van der Waals surface area contributed by atoms with Crippen molar-refractivity contribution >= 4 is 49.8 Å². The normalized spacial score (nSPS) is 11.1. The van der Waals surface area contributed by atoms with Crippen LogP contribution in [-0.2, 0) is 14.8 Å². The molecular weight excluding hydrogens is 480 g/mol. The second-order valence-corrected chi connectivity index (χ2v) is 10.9. The summed E-state index contributed by atoms with van der Waals surface area (Å²) in [5.74, 6) is 0.711. The summed E-state index contributed by atoms with van der Waals surface area (Å²) < 4.78 is 34.1. The molecule has 0 aliphatic rings. The van der Waals surface area contributed by atoms with Crippen molar-refractivity contribution in [2.24, 2.45) is 0 Å². The maximum atomic E-state index is 13.5. The quantitative estimate of drug-likeness (QED) is 0.235. The Balaban J connectivity index is 1.85. The lowest BCUT2D eigenvalue weighted by atomic mass is 10.2. The van der Waals surface area contributed by atoms with Crippen LogP contribution in [0, 0.1) is 6.92 Å². The van der Waals surface area contributed by atoms with Crippen LogP contribution in [0.2, 0.25) is 0 Å². The number of hydrogen-bond acceptors (Lipinski definition) is 8. The number of amides is 1. The van der Waals surface area contributed by atoms with Gasteiger partial charge in [-0.3, -0.25) is 14.4 Å². The molecule has 0 unspecified atom stereocenters. The lowest BCUT2D eigenvalue weighted by molar-refractivity contribution is -0.114. The van der Waals surface area contributed by atoms with Gasteiger partial charge in [0.1, 0.15) is 12.3 Å². The first-order chi connectivity index (χ1) is 15.8. The van der Waals surface area contributed by atoms with Gasteiger partial charge >= 0.3 is 0 Å². The number of rotatable bonds is 11. The lowest BCUT2D eigenvalue weighted by Crippen LogP contribution is -2.38. The molecule has 8 nitrogen and oxygen atoms in total. The Morgan fingerprint density at radius 1 is 1.18 bits per heavy atom. The smallest absolute Gasteiger partial charge is 0.264 e. The molecule has 0 aliphatic carbocycles. The van der Waals surface area contributed by atoms with Crippen LogP contribution < -0.4 is 14.4 Å². The maximum absolute atomic E-state index is 13.5. The number of nitrogens with one attached hydrogen (secondary N) is 1. The van der Waals surface area contributed by atoms with Gasteiger partial charge in [0.15, 0.2) is 4.34 Å². The lowest BCUT2D eigenvalue weighted by Gasteiger charge is -2.24. The summed E-state index contributed by atoms with van der Waals surface area (Å²) >= 11 is 2.66. The monoisotopic (exact) mass is 504 g/mol. The number of ether oxygens (including phenoxy) is 1. The van der Waals surface area contributed by atoms with Gasteiger partial charge in [0.25, 0.3) is 10.0 Å². The minimum absolute atomic E-state index is 0.0540. The summed E-state index contributed by atoms with van der Waals surface area (Å²) in [6.45, 7) is 7.46. The highest BCUT2D eigenvalue weighted by Crippen LogP contribution is 2.27. The molecule has 3 aromatic rings. The van der Waals surface area contributed by atoms with Gasteiger partial charge in [0.05, 0.1) is 17.2 Å². The fraction of sp³-hybridized carbons (Fsp3) is 0.227. The zero-order chi connectivity index (χ0) is 23.8. The van der Waals surface area contributed by atoms with Crippen LogP contribution in [0.1, 0.15) is 12.5 Å². The van der Waals surface area contributed by atoms with Gasteiger partial charge in [-0.25, -0.2) is 8.42 Å². The van der Waals surface area contributed by atoms with E-state index in [0.717, 1.165) is 9.87 Å². The average Bonchev–Trinajstić information content (AvgIpc) is 3.24. The Kier molecular flexibility index (Phi) is 8.48. The number of aryl methyl sites for hydroxylation is 1. The molecule has 0 fully saturated rings. The predicted octanol–water partition coefficient (Wildman–Crippen LogP) is 4.36. The summed E-state index contributed by atoms with van der Waals surface area (Å²) in [7, 11) is -4.02. The van der Waals surface area contributed by atoms with Gasteiger partial charge < -0.3 is 4.74 Å². The molecule has 3 rings (SSSR count). The fourth-order valence-electron chi connectivity index (χ4n) is 2.77. The zero-order valence-corrected chi connectivity index (χ0v) is 20.7. The molecule has 11 heteroatoms. The van der Waals surface area contributed by atoms with E-state index < -0.39 is 22.5 Å². The van der Waals surface area contributed by atoms with E-state index in [9.17, 15) is 13.2 Å². The molecule has 1 aromatic heterocycles. The van der Waals surface area contributed by atoms with Crippen LogP contribution in [0.15, 0.2) is 70.4 Å². The van der Waals surface area contributed by atoms with E-state index in [-0.39, 0.29) is 4.90 Å². The number of sulfonamides is 1. The van der Waals surface area contributed by atoms with Gasteiger partial charge in [-0.05, 0) is 50.2 Å². The first kappa shape index (κ1) is 24.7. The van der Waals surface area contributed by atoms with Crippen LogP contribution in [-0.4, -0.2) is 43.4 Å². The first-order valence-corrected chi connectivity index (χ1v) is 13.3. The summed E-state index contributed by atoms with van der Waals surface area (Å²) in [4.78, 5) is 12.8. The molecule has 0 aliphatic heterocycles. The molecule has 1 heterocycles. The molecule has 0 spiro atoms. The third-order valence-corrected chi connectivity index (χ3v) is 8.07. The Bertz CT molecular complexity index is 1190. The number of carbonyl (C=O) groups excluding carboxylic acids is 1. The molecular formula is C22H24N4O4S3. The second-order valence-electron chi connectivity index (χ2n) is 6.77. The molecule has 1 N–H and O–H groups in total. The highest BCUT2D eigenvalue weighted by atomic mass is 32.2. The molecule has 2 aromatic carbocycles. The van der Waals surface area contributed by atoms with E-state index in [1.807, 2.05) is 13.8 Å². The molecule has 0 bridgehead atoms. The van der Waals surface area contributed by atoms with Crippen molar-refractivity contribution in [1.82, 2.24) is 10.2 Å². The minimum Gasteiger partial charge on any atom is -0.494 e. The molecule has 0 radical (unpaired) electrons. The van der Waals surface area contributed by atoms with Gasteiger partial charge in [0.2, 0.25) is 11.0 Å². The average molecular weight is 505 g/mol. The van der Waals surface area contributed by atoms with Crippen molar-refractivity contribution in [2.75, 3.05) is 28.5 Å². The second kappa shape index (κ2) is 11.3. The van der Waals surface area contributed by atoms with E-state index in [1.54, 1.807) is 42.5 Å². The van der Waals surface area contributed by atoms with E-state index in [1.165, 1.54) is 35.2 Å². The fourth-order valence-corrected chi connectivity index (χ4v) is 5.72. The third-order valence-electron chi connectivity index (χ3n) is 4.31. The summed E-state index contributed by atoms with van der Waals surface area (Å²) in [5, 5.41) is 10.9. The van der Waals surface area contributed by atoms with Crippen molar-refractivity contribution in [3.63, 3.8) is 0 Å². The SMILES string of the molecule is C=CCSc1nnc(NC(=O)CN(c2ccc(C)cc2)S(=O)(=O)c2ccc(OCC)cc2)s1. The van der Waals surface area contributed by atoms with E-state index in [0.29, 0.717) is 33.3 Å². The summed E-state index contributed by atoms with van der Waals surface area (Å²) in [5.41, 5.74) is 1.35. The highest BCUT2D eigenvalue weighted by Gasteiger charge is 2.27. The van der Waals surface area contributed by atoms with Crippen molar-refractivity contribution in [3.8, 4) is 5.75 Å². The number of aromatic nitrogens is 2. The number of nitrogens with zero attached hydrogens (tertiary/aromatic N) is 3. The minimum atomic E-state index is -4.02. The van der Waals surface area contributed by atoms with Gasteiger partial charge in [-0.1, -0.05) is 46.9 Å². The molecule has 0 saturated heterocycles. The summed E-state index contributed by atoms with van der Waals surface area (Å²) in [6.07, 6.45) is 1.75. The Labute approximate surface area is 201 Å². The van der Waals surface area contributed by atoms with Gasteiger partial charge in [0, 0.05) is 5.75 Å². The van der Waals surface area contributed by atoms with Gasteiger partial charge in [-0.2, -0.15) is 0 Å². The Morgan fingerprint density at radius 3 is 2.52 bits per heavy atom. The molecule has 0 atom stereocenters.